The average Bonchev–Trinajstić information content (AvgIpc) is 2.15. The number of hydrogen-bond acceptors (Lipinski definition) is 1. The summed E-state index contributed by atoms with van der Waals surface area (Å²) < 4.78 is 24.0. The van der Waals surface area contributed by atoms with Gasteiger partial charge in [-0.25, -0.2) is 8.78 Å². The van der Waals surface area contributed by atoms with Crippen LogP contribution in [0, 0.1) is 0 Å². The minimum atomic E-state index is -2.41. The van der Waals surface area contributed by atoms with Crippen molar-refractivity contribution < 1.29 is 8.78 Å². The summed E-state index contributed by atoms with van der Waals surface area (Å²) in [6.45, 7) is 0. The van der Waals surface area contributed by atoms with Crippen LogP contribution in [-0.2, 0) is 6.42 Å². The Morgan fingerprint density at radius 1 is 1.15 bits per heavy atom. The van der Waals surface area contributed by atoms with Crippen molar-refractivity contribution in [3.05, 3.63) is 35.9 Å². The van der Waals surface area contributed by atoms with Gasteiger partial charge in [0.2, 0.25) is 0 Å². The highest BCUT2D eigenvalue weighted by Gasteiger charge is 2.14. The number of halogens is 2. The van der Waals surface area contributed by atoms with E-state index >= 15 is 0 Å². The summed E-state index contributed by atoms with van der Waals surface area (Å²) in [4.78, 5) is 0. The van der Waals surface area contributed by atoms with E-state index in [1.165, 1.54) is 0 Å². The Morgan fingerprint density at radius 3 is 2.31 bits per heavy atom. The molecule has 0 heterocycles. The van der Waals surface area contributed by atoms with Crippen LogP contribution in [0.25, 0.3) is 0 Å². The molecule has 3 heteroatoms. The van der Waals surface area contributed by atoms with E-state index in [1.54, 1.807) is 0 Å². The number of nitrogens with two attached hydrogens (primary N) is 1. The van der Waals surface area contributed by atoms with Crippen LogP contribution in [0.2, 0.25) is 0 Å². The van der Waals surface area contributed by atoms with Gasteiger partial charge in [0.05, 0.1) is 6.04 Å². The molecule has 0 amide bonds. The zero-order chi connectivity index (χ0) is 9.68. The fourth-order valence-electron chi connectivity index (χ4n) is 1.10. The van der Waals surface area contributed by atoms with Crippen LogP contribution in [0.15, 0.2) is 30.3 Å². The molecular weight excluding hydrogens is 172 g/mol. The summed E-state index contributed by atoms with van der Waals surface area (Å²) in [5.74, 6) is 0. The topological polar surface area (TPSA) is 26.0 Å². The van der Waals surface area contributed by atoms with Crippen molar-refractivity contribution in [2.24, 2.45) is 5.73 Å². The largest absolute Gasteiger partial charge is 0.323 e. The molecule has 0 aliphatic rings. The summed E-state index contributed by atoms with van der Waals surface area (Å²) in [5.41, 5.74) is 6.27. The summed E-state index contributed by atoms with van der Waals surface area (Å²) in [7, 11) is 0. The van der Waals surface area contributed by atoms with Crippen molar-refractivity contribution >= 4 is 0 Å². The highest BCUT2D eigenvalue weighted by atomic mass is 19.3. The maximum atomic E-state index is 12.0. The molecule has 0 fully saturated rings. The molecule has 0 radical (unpaired) electrons. The first-order valence-corrected chi connectivity index (χ1v) is 4.28. The Hall–Kier alpha value is -0.960. The van der Waals surface area contributed by atoms with E-state index in [0.717, 1.165) is 5.56 Å². The minimum Gasteiger partial charge on any atom is -0.323 e. The minimum absolute atomic E-state index is 0.335. The lowest BCUT2D eigenvalue weighted by Crippen LogP contribution is -2.28. The first-order chi connectivity index (χ1) is 6.20. The molecule has 2 N–H and O–H groups in total. The van der Waals surface area contributed by atoms with E-state index in [-0.39, 0.29) is 0 Å². The van der Waals surface area contributed by atoms with E-state index in [2.05, 4.69) is 0 Å². The van der Waals surface area contributed by atoms with Gasteiger partial charge in [-0.05, 0) is 18.4 Å². The molecule has 1 aromatic rings. The zero-order valence-corrected chi connectivity index (χ0v) is 7.29. The zero-order valence-electron chi connectivity index (χ0n) is 7.29. The molecule has 1 unspecified atom stereocenters. The first-order valence-electron chi connectivity index (χ1n) is 4.28. The third-order valence-electron chi connectivity index (χ3n) is 1.93. The second kappa shape index (κ2) is 4.92. The second-order valence-corrected chi connectivity index (χ2v) is 3.02. The van der Waals surface area contributed by atoms with Crippen LogP contribution < -0.4 is 5.73 Å². The van der Waals surface area contributed by atoms with E-state index < -0.39 is 12.5 Å². The summed E-state index contributed by atoms with van der Waals surface area (Å²) in [6, 6.07) is 8.51. The Balaban J connectivity index is 2.35. The molecule has 1 aromatic carbocycles. The van der Waals surface area contributed by atoms with Crippen LogP contribution in [0.5, 0.6) is 0 Å². The quantitative estimate of drug-likeness (QED) is 0.764. The van der Waals surface area contributed by atoms with E-state index in [0.29, 0.717) is 12.8 Å². The number of hydrogen-bond donors (Lipinski definition) is 1. The molecular formula is C10H13F2N. The average molecular weight is 185 g/mol. The van der Waals surface area contributed by atoms with Gasteiger partial charge in [-0.2, -0.15) is 0 Å². The van der Waals surface area contributed by atoms with Crippen molar-refractivity contribution in [2.75, 3.05) is 0 Å². The van der Waals surface area contributed by atoms with Gasteiger partial charge < -0.3 is 5.73 Å². The molecule has 0 spiro atoms. The smallest absolute Gasteiger partial charge is 0.253 e. The molecule has 13 heavy (non-hydrogen) atoms. The highest BCUT2D eigenvalue weighted by Crippen LogP contribution is 2.08. The maximum Gasteiger partial charge on any atom is 0.253 e. The Labute approximate surface area is 76.6 Å². The normalized spacial score (nSPS) is 13.2. The van der Waals surface area contributed by atoms with Crippen LogP contribution in [0.4, 0.5) is 8.78 Å². The van der Waals surface area contributed by atoms with Gasteiger partial charge in [0, 0.05) is 0 Å². The van der Waals surface area contributed by atoms with E-state index in [9.17, 15) is 8.78 Å². The predicted molar refractivity (Wildman–Crippen MR) is 48.7 cm³/mol. The molecule has 72 valence electrons. The Bertz CT molecular complexity index is 236. The molecule has 1 nitrogen and oxygen atoms in total. The molecule has 0 bridgehead atoms. The number of aryl methyl sites for hydroxylation is 1. The van der Waals surface area contributed by atoms with Crippen molar-refractivity contribution in [1.82, 2.24) is 0 Å². The molecule has 0 aromatic heterocycles. The molecule has 0 aliphatic heterocycles. The van der Waals surface area contributed by atoms with Crippen molar-refractivity contribution in [1.29, 1.82) is 0 Å². The van der Waals surface area contributed by atoms with Gasteiger partial charge in [0.15, 0.2) is 0 Å². The summed E-state index contributed by atoms with van der Waals surface area (Å²) >= 11 is 0. The van der Waals surface area contributed by atoms with Crippen LogP contribution in [0.3, 0.4) is 0 Å². The second-order valence-electron chi connectivity index (χ2n) is 3.02. The van der Waals surface area contributed by atoms with Gasteiger partial charge in [-0.3, -0.25) is 0 Å². The Morgan fingerprint density at radius 2 is 1.77 bits per heavy atom. The highest BCUT2D eigenvalue weighted by molar-refractivity contribution is 5.14. The molecule has 0 saturated carbocycles. The van der Waals surface area contributed by atoms with Crippen LogP contribution >= 0.6 is 0 Å². The van der Waals surface area contributed by atoms with Gasteiger partial charge in [0.25, 0.3) is 6.43 Å². The monoisotopic (exact) mass is 185 g/mol. The first kappa shape index (κ1) is 10.1. The summed E-state index contributed by atoms with van der Waals surface area (Å²) in [5, 5.41) is 0. The SMILES string of the molecule is NC(CCc1ccccc1)C(F)F. The molecule has 1 atom stereocenters. The molecule has 1 rings (SSSR count). The van der Waals surface area contributed by atoms with Gasteiger partial charge >= 0.3 is 0 Å². The van der Waals surface area contributed by atoms with Gasteiger partial charge in [0.1, 0.15) is 0 Å². The number of benzene rings is 1. The van der Waals surface area contributed by atoms with Crippen molar-refractivity contribution in [3.8, 4) is 0 Å². The van der Waals surface area contributed by atoms with Gasteiger partial charge in [-0.15, -0.1) is 0 Å². The van der Waals surface area contributed by atoms with Crippen LogP contribution in [-0.4, -0.2) is 12.5 Å². The van der Waals surface area contributed by atoms with Crippen molar-refractivity contribution in [3.63, 3.8) is 0 Å². The van der Waals surface area contributed by atoms with E-state index in [4.69, 9.17) is 5.73 Å². The maximum absolute atomic E-state index is 12.0. The van der Waals surface area contributed by atoms with Gasteiger partial charge in [-0.1, -0.05) is 30.3 Å². The lowest BCUT2D eigenvalue weighted by atomic mass is 10.1. The third kappa shape index (κ3) is 3.51. The number of alkyl halides is 2. The standard InChI is InChI=1S/C10H13F2N/c11-10(12)9(13)7-6-8-4-2-1-3-5-8/h1-5,9-10H,6-7,13H2. The van der Waals surface area contributed by atoms with E-state index in [1.807, 2.05) is 30.3 Å². The fourth-order valence-corrected chi connectivity index (χ4v) is 1.10. The lowest BCUT2D eigenvalue weighted by molar-refractivity contribution is 0.112. The predicted octanol–water partition coefficient (Wildman–Crippen LogP) is 2.21. The number of rotatable bonds is 4. The lowest BCUT2D eigenvalue weighted by Gasteiger charge is -2.09. The summed E-state index contributed by atoms with van der Waals surface area (Å²) in [6.07, 6.45) is -1.46. The third-order valence-corrected chi connectivity index (χ3v) is 1.93. The van der Waals surface area contributed by atoms with Crippen molar-refractivity contribution in [2.45, 2.75) is 25.3 Å². The molecule has 0 saturated heterocycles. The molecule has 0 aliphatic carbocycles. The Kier molecular flexibility index (Phi) is 3.83. The van der Waals surface area contributed by atoms with Crippen LogP contribution in [0.1, 0.15) is 12.0 Å². The fraction of sp³-hybridized carbons (Fsp3) is 0.400.